The largest absolute Gasteiger partial charge is 0.380 e. The van der Waals surface area contributed by atoms with Crippen molar-refractivity contribution in [1.29, 1.82) is 0 Å². The molecule has 0 aliphatic carbocycles. The van der Waals surface area contributed by atoms with Gasteiger partial charge < -0.3 is 4.74 Å². The molecule has 0 atom stereocenters. The van der Waals surface area contributed by atoms with Crippen LogP contribution in [0.5, 0.6) is 0 Å². The van der Waals surface area contributed by atoms with Crippen molar-refractivity contribution in [2.45, 2.75) is 26.9 Å². The third kappa shape index (κ3) is 2.94. The van der Waals surface area contributed by atoms with Gasteiger partial charge in [-0.2, -0.15) is 0 Å². The summed E-state index contributed by atoms with van der Waals surface area (Å²) in [5.41, 5.74) is 3.98. The average Bonchev–Trinajstić information content (AvgIpc) is 2.43. The zero-order chi connectivity index (χ0) is 13.8. The minimum atomic E-state index is 0.522. The van der Waals surface area contributed by atoms with Crippen LogP contribution in [0.25, 0.3) is 11.4 Å². The van der Waals surface area contributed by atoms with Gasteiger partial charge in [-0.1, -0.05) is 42.8 Å². The van der Waals surface area contributed by atoms with Crippen molar-refractivity contribution in [1.82, 2.24) is 9.97 Å². The van der Waals surface area contributed by atoms with E-state index >= 15 is 0 Å². The Bertz CT molecular complexity index is 584. The molecule has 19 heavy (non-hydrogen) atoms. The molecular weight excluding hydrogens is 260 g/mol. The predicted molar refractivity (Wildman–Crippen MR) is 77.3 cm³/mol. The quantitative estimate of drug-likeness (QED) is 0.797. The zero-order valence-electron chi connectivity index (χ0n) is 11.4. The van der Waals surface area contributed by atoms with Crippen LogP contribution in [0.3, 0.4) is 0 Å². The van der Waals surface area contributed by atoms with Crippen LogP contribution in [-0.4, -0.2) is 17.1 Å². The van der Waals surface area contributed by atoms with Crippen LogP contribution in [-0.2, 0) is 17.8 Å². The Kier molecular flexibility index (Phi) is 4.51. The van der Waals surface area contributed by atoms with Crippen molar-refractivity contribution in [2.24, 2.45) is 0 Å². The number of aryl methyl sites for hydroxylation is 1. The van der Waals surface area contributed by atoms with Crippen LogP contribution in [0.4, 0.5) is 0 Å². The molecule has 0 unspecified atom stereocenters. The fourth-order valence-corrected chi connectivity index (χ4v) is 2.21. The molecule has 1 heterocycles. The first-order valence-electron chi connectivity index (χ1n) is 6.27. The van der Waals surface area contributed by atoms with Gasteiger partial charge in [-0.3, -0.25) is 0 Å². The zero-order valence-corrected chi connectivity index (χ0v) is 12.2. The summed E-state index contributed by atoms with van der Waals surface area (Å²) in [6, 6.07) is 7.96. The van der Waals surface area contributed by atoms with Gasteiger partial charge in [-0.15, -0.1) is 0 Å². The lowest BCUT2D eigenvalue weighted by Crippen LogP contribution is -2.01. The van der Waals surface area contributed by atoms with Crippen molar-refractivity contribution in [2.75, 3.05) is 7.11 Å². The Labute approximate surface area is 118 Å². The molecule has 0 saturated heterocycles. The van der Waals surface area contributed by atoms with Gasteiger partial charge in [-0.05, 0) is 18.9 Å². The van der Waals surface area contributed by atoms with Crippen LogP contribution in [0.15, 0.2) is 24.3 Å². The van der Waals surface area contributed by atoms with E-state index < -0.39 is 0 Å². The van der Waals surface area contributed by atoms with Crippen molar-refractivity contribution >= 4 is 11.6 Å². The number of methoxy groups -OCH3 is 1. The highest BCUT2D eigenvalue weighted by atomic mass is 35.5. The molecule has 0 spiro atoms. The first-order chi connectivity index (χ1) is 9.17. The molecule has 0 amide bonds. The number of benzene rings is 1. The molecule has 2 rings (SSSR count). The maximum Gasteiger partial charge on any atom is 0.161 e. The molecule has 0 bridgehead atoms. The van der Waals surface area contributed by atoms with Crippen LogP contribution in [0.1, 0.15) is 23.7 Å². The summed E-state index contributed by atoms with van der Waals surface area (Å²) < 4.78 is 5.21. The van der Waals surface area contributed by atoms with Gasteiger partial charge in [0, 0.05) is 23.9 Å². The minimum absolute atomic E-state index is 0.522. The van der Waals surface area contributed by atoms with Gasteiger partial charge in [0.1, 0.15) is 5.15 Å². The standard InChI is InChI=1S/C15H17ClN2O/c1-4-13-10(2)14(16)18-15(17-13)12-8-6-5-7-11(12)9-19-3/h5-8H,4,9H2,1-3H3. The number of aromatic nitrogens is 2. The van der Waals surface area contributed by atoms with Crippen LogP contribution < -0.4 is 0 Å². The van der Waals surface area contributed by atoms with E-state index in [1.165, 1.54) is 0 Å². The van der Waals surface area contributed by atoms with E-state index in [9.17, 15) is 0 Å². The molecule has 0 radical (unpaired) electrons. The number of hydrogen-bond acceptors (Lipinski definition) is 3. The Balaban J connectivity index is 2.56. The fraction of sp³-hybridized carbons (Fsp3) is 0.333. The third-order valence-electron chi connectivity index (χ3n) is 3.08. The van der Waals surface area contributed by atoms with E-state index in [1.54, 1.807) is 7.11 Å². The molecule has 4 heteroatoms. The first kappa shape index (κ1) is 14.0. The third-order valence-corrected chi connectivity index (χ3v) is 3.45. The molecule has 1 aromatic heterocycles. The summed E-state index contributed by atoms with van der Waals surface area (Å²) in [4.78, 5) is 9.01. The topological polar surface area (TPSA) is 35.0 Å². The monoisotopic (exact) mass is 276 g/mol. The lowest BCUT2D eigenvalue weighted by atomic mass is 10.1. The van der Waals surface area contributed by atoms with E-state index in [0.29, 0.717) is 17.6 Å². The Morgan fingerprint density at radius 1 is 1.21 bits per heavy atom. The molecule has 2 aromatic rings. The second kappa shape index (κ2) is 6.13. The fourth-order valence-electron chi connectivity index (χ4n) is 2.02. The maximum atomic E-state index is 6.19. The second-order valence-electron chi connectivity index (χ2n) is 4.35. The maximum absolute atomic E-state index is 6.19. The van der Waals surface area contributed by atoms with E-state index in [1.807, 2.05) is 31.2 Å². The highest BCUT2D eigenvalue weighted by Gasteiger charge is 2.12. The molecule has 0 saturated carbocycles. The molecule has 100 valence electrons. The second-order valence-corrected chi connectivity index (χ2v) is 4.71. The molecule has 0 aliphatic heterocycles. The van der Waals surface area contributed by atoms with Gasteiger partial charge in [0.25, 0.3) is 0 Å². The summed E-state index contributed by atoms with van der Waals surface area (Å²) in [5, 5.41) is 0.522. The lowest BCUT2D eigenvalue weighted by molar-refractivity contribution is 0.185. The highest BCUT2D eigenvalue weighted by Crippen LogP contribution is 2.25. The van der Waals surface area contributed by atoms with E-state index in [-0.39, 0.29) is 0 Å². The average molecular weight is 277 g/mol. The predicted octanol–water partition coefficient (Wildman–Crippen LogP) is 3.81. The normalized spacial score (nSPS) is 10.7. The van der Waals surface area contributed by atoms with Crippen molar-refractivity contribution in [3.8, 4) is 11.4 Å². The summed E-state index contributed by atoms with van der Waals surface area (Å²) in [6.45, 7) is 4.55. The molecule has 0 N–H and O–H groups in total. The lowest BCUT2D eigenvalue weighted by Gasteiger charge is -2.11. The van der Waals surface area contributed by atoms with Crippen molar-refractivity contribution in [3.05, 3.63) is 46.2 Å². The number of nitrogens with zero attached hydrogens (tertiary/aromatic N) is 2. The van der Waals surface area contributed by atoms with Crippen molar-refractivity contribution in [3.63, 3.8) is 0 Å². The molecule has 1 aromatic carbocycles. The Morgan fingerprint density at radius 3 is 2.63 bits per heavy atom. The molecular formula is C15H17ClN2O. The summed E-state index contributed by atoms with van der Waals surface area (Å²) >= 11 is 6.19. The van der Waals surface area contributed by atoms with Gasteiger partial charge in [0.05, 0.1) is 6.61 Å². The van der Waals surface area contributed by atoms with Crippen LogP contribution in [0.2, 0.25) is 5.15 Å². The highest BCUT2D eigenvalue weighted by molar-refractivity contribution is 6.30. The SMILES string of the molecule is CCc1nc(-c2ccccc2COC)nc(Cl)c1C. The van der Waals surface area contributed by atoms with E-state index in [4.69, 9.17) is 16.3 Å². The van der Waals surface area contributed by atoms with Gasteiger partial charge in [0.2, 0.25) is 0 Å². The smallest absolute Gasteiger partial charge is 0.161 e. The molecule has 0 aliphatic rings. The summed E-state index contributed by atoms with van der Waals surface area (Å²) in [5.74, 6) is 0.667. The summed E-state index contributed by atoms with van der Waals surface area (Å²) in [7, 11) is 1.68. The van der Waals surface area contributed by atoms with Gasteiger partial charge in [-0.25, -0.2) is 9.97 Å². The first-order valence-corrected chi connectivity index (χ1v) is 6.65. The number of halogens is 1. The molecule has 3 nitrogen and oxygen atoms in total. The van der Waals surface area contributed by atoms with Crippen LogP contribution in [0, 0.1) is 6.92 Å². The van der Waals surface area contributed by atoms with Gasteiger partial charge >= 0.3 is 0 Å². The number of ether oxygens (including phenoxy) is 1. The number of rotatable bonds is 4. The van der Waals surface area contributed by atoms with Crippen molar-refractivity contribution < 1.29 is 4.74 Å². The van der Waals surface area contributed by atoms with E-state index in [0.717, 1.165) is 28.8 Å². The Hall–Kier alpha value is -1.45. The van der Waals surface area contributed by atoms with E-state index in [2.05, 4.69) is 16.9 Å². The summed E-state index contributed by atoms with van der Waals surface area (Å²) in [6.07, 6.45) is 0.841. The van der Waals surface area contributed by atoms with Gasteiger partial charge in [0.15, 0.2) is 5.82 Å². The molecule has 0 fully saturated rings. The Morgan fingerprint density at radius 2 is 1.95 bits per heavy atom. The van der Waals surface area contributed by atoms with Crippen LogP contribution >= 0.6 is 11.6 Å². The number of hydrogen-bond donors (Lipinski definition) is 0. The minimum Gasteiger partial charge on any atom is -0.380 e.